The average molecular weight is 363 g/mol. The first-order chi connectivity index (χ1) is 11.7. The zero-order valence-corrected chi connectivity index (χ0v) is 14.5. The van der Waals surface area contributed by atoms with Crippen LogP contribution in [0.15, 0.2) is 53.4 Å². The maximum Gasteiger partial charge on any atom is 0.270 e. The molecule has 0 saturated heterocycles. The lowest BCUT2D eigenvalue weighted by Crippen LogP contribution is -2.35. The monoisotopic (exact) mass is 363 g/mol. The number of anilines is 1. The molecule has 0 aromatic heterocycles. The Kier molecular flexibility index (Phi) is 5.50. The molecule has 0 aliphatic rings. The Morgan fingerprint density at radius 1 is 1.20 bits per heavy atom. The number of nitrogens with one attached hydrogen (secondary N) is 1. The zero-order valence-electron chi connectivity index (χ0n) is 13.7. The summed E-state index contributed by atoms with van der Waals surface area (Å²) in [5.74, 6) is -0.514. The summed E-state index contributed by atoms with van der Waals surface area (Å²) in [4.78, 5) is 21.9. The van der Waals surface area contributed by atoms with Crippen molar-refractivity contribution in [2.24, 2.45) is 0 Å². The third-order valence-electron chi connectivity index (χ3n) is 3.44. The Labute approximate surface area is 145 Å². The third-order valence-corrected chi connectivity index (χ3v) is 5.24. The molecule has 8 nitrogen and oxygen atoms in total. The highest BCUT2D eigenvalue weighted by molar-refractivity contribution is 7.89. The van der Waals surface area contributed by atoms with Crippen LogP contribution in [0.1, 0.15) is 5.56 Å². The molecule has 2 rings (SSSR count). The maximum atomic E-state index is 12.5. The normalized spacial score (nSPS) is 11.3. The first kappa shape index (κ1) is 18.6. The van der Waals surface area contributed by atoms with Gasteiger partial charge in [0.1, 0.15) is 0 Å². The molecule has 2 aromatic rings. The fourth-order valence-corrected chi connectivity index (χ4v) is 3.23. The summed E-state index contributed by atoms with van der Waals surface area (Å²) in [5.41, 5.74) is 1.25. The van der Waals surface area contributed by atoms with Crippen LogP contribution in [-0.2, 0) is 14.8 Å². The highest BCUT2D eigenvalue weighted by atomic mass is 32.2. The van der Waals surface area contributed by atoms with Gasteiger partial charge in [-0.25, -0.2) is 8.42 Å². The minimum Gasteiger partial charge on any atom is -0.325 e. The number of likely N-dealkylation sites (N-methyl/N-ethyl adjacent to an activating group) is 1. The van der Waals surface area contributed by atoms with Crippen LogP contribution in [0.4, 0.5) is 11.4 Å². The Hall–Kier alpha value is -2.78. The Balaban J connectivity index is 2.11. The van der Waals surface area contributed by atoms with Gasteiger partial charge in [-0.05, 0) is 25.1 Å². The fraction of sp³-hybridized carbons (Fsp3) is 0.188. The lowest BCUT2D eigenvalue weighted by Gasteiger charge is -2.17. The van der Waals surface area contributed by atoms with E-state index in [1.54, 1.807) is 12.1 Å². The number of hydrogen-bond donors (Lipinski definition) is 1. The van der Waals surface area contributed by atoms with Crippen molar-refractivity contribution in [1.82, 2.24) is 4.31 Å². The van der Waals surface area contributed by atoms with Gasteiger partial charge in [0, 0.05) is 24.9 Å². The predicted octanol–water partition coefficient (Wildman–Crippen LogP) is 2.16. The molecule has 25 heavy (non-hydrogen) atoms. The van der Waals surface area contributed by atoms with Crippen molar-refractivity contribution in [3.8, 4) is 0 Å². The van der Waals surface area contributed by atoms with Gasteiger partial charge in [-0.3, -0.25) is 14.9 Å². The highest BCUT2D eigenvalue weighted by Crippen LogP contribution is 2.20. The number of non-ortho nitro benzene ring substituents is 1. The van der Waals surface area contributed by atoms with Crippen molar-refractivity contribution in [1.29, 1.82) is 0 Å². The van der Waals surface area contributed by atoms with Crippen LogP contribution < -0.4 is 5.32 Å². The van der Waals surface area contributed by atoms with Gasteiger partial charge in [0.15, 0.2) is 0 Å². The quantitative estimate of drug-likeness (QED) is 0.625. The molecule has 0 radical (unpaired) electrons. The molecular formula is C16H17N3O5S. The molecule has 0 aliphatic carbocycles. The largest absolute Gasteiger partial charge is 0.325 e. The molecule has 0 atom stereocenters. The van der Waals surface area contributed by atoms with E-state index in [1.165, 1.54) is 25.2 Å². The number of carbonyl (C=O) groups is 1. The second-order valence-electron chi connectivity index (χ2n) is 5.43. The van der Waals surface area contributed by atoms with E-state index in [-0.39, 0.29) is 10.6 Å². The van der Waals surface area contributed by atoms with Crippen LogP contribution in [0.5, 0.6) is 0 Å². The van der Waals surface area contributed by atoms with Gasteiger partial charge in [-0.2, -0.15) is 4.31 Å². The first-order valence-electron chi connectivity index (χ1n) is 7.27. The van der Waals surface area contributed by atoms with E-state index < -0.39 is 27.4 Å². The van der Waals surface area contributed by atoms with Crippen molar-refractivity contribution < 1.29 is 18.1 Å². The molecule has 132 valence electrons. The molecule has 1 amide bonds. The molecule has 0 spiro atoms. The van der Waals surface area contributed by atoms with Crippen LogP contribution >= 0.6 is 0 Å². The zero-order chi connectivity index (χ0) is 18.6. The number of nitro benzene ring substituents is 1. The van der Waals surface area contributed by atoms with E-state index >= 15 is 0 Å². The van der Waals surface area contributed by atoms with Gasteiger partial charge >= 0.3 is 0 Å². The maximum absolute atomic E-state index is 12.5. The molecule has 9 heteroatoms. The SMILES string of the molecule is Cc1ccc(NC(=O)CN(C)S(=O)(=O)c2cccc([N+](=O)[O-])c2)cc1. The molecule has 0 aliphatic heterocycles. The summed E-state index contributed by atoms with van der Waals surface area (Å²) in [6.07, 6.45) is 0. The van der Waals surface area contributed by atoms with E-state index in [0.717, 1.165) is 15.9 Å². The first-order valence-corrected chi connectivity index (χ1v) is 8.71. The number of rotatable bonds is 6. The smallest absolute Gasteiger partial charge is 0.270 e. The van der Waals surface area contributed by atoms with Gasteiger partial charge in [0.2, 0.25) is 15.9 Å². The molecule has 0 fully saturated rings. The molecule has 0 unspecified atom stereocenters. The summed E-state index contributed by atoms with van der Waals surface area (Å²) in [5, 5.41) is 13.4. The van der Waals surface area contributed by atoms with Crippen LogP contribution in [0, 0.1) is 17.0 Å². The fourth-order valence-electron chi connectivity index (χ4n) is 2.06. The number of aryl methyl sites for hydroxylation is 1. The number of carbonyl (C=O) groups excluding carboxylic acids is 1. The van der Waals surface area contributed by atoms with Crippen LogP contribution in [0.2, 0.25) is 0 Å². The van der Waals surface area contributed by atoms with Crippen LogP contribution in [-0.4, -0.2) is 37.1 Å². The Morgan fingerprint density at radius 3 is 2.44 bits per heavy atom. The molecule has 2 aromatic carbocycles. The van der Waals surface area contributed by atoms with Gasteiger partial charge < -0.3 is 5.32 Å². The van der Waals surface area contributed by atoms with Crippen molar-refractivity contribution in [2.45, 2.75) is 11.8 Å². The number of nitro groups is 1. The van der Waals surface area contributed by atoms with Crippen LogP contribution in [0.25, 0.3) is 0 Å². The molecule has 0 bridgehead atoms. The Bertz CT molecular complexity index is 894. The van der Waals surface area contributed by atoms with Gasteiger partial charge in [-0.1, -0.05) is 23.8 Å². The standard InChI is InChI=1S/C16H17N3O5S/c1-12-6-8-13(9-7-12)17-16(20)11-18(2)25(23,24)15-5-3-4-14(10-15)19(21)22/h3-10H,11H2,1-2H3,(H,17,20). The Morgan fingerprint density at radius 2 is 1.84 bits per heavy atom. The lowest BCUT2D eigenvalue weighted by atomic mass is 10.2. The summed E-state index contributed by atoms with van der Waals surface area (Å²) in [6, 6.07) is 11.7. The van der Waals surface area contributed by atoms with Crippen molar-refractivity contribution in [2.75, 3.05) is 18.9 Å². The molecule has 0 saturated carbocycles. The average Bonchev–Trinajstić information content (AvgIpc) is 2.57. The topological polar surface area (TPSA) is 110 Å². The van der Waals surface area contributed by atoms with E-state index in [0.29, 0.717) is 5.69 Å². The second-order valence-corrected chi connectivity index (χ2v) is 7.47. The van der Waals surface area contributed by atoms with Crippen molar-refractivity contribution >= 4 is 27.3 Å². The van der Waals surface area contributed by atoms with Crippen molar-refractivity contribution in [3.05, 3.63) is 64.2 Å². The summed E-state index contributed by atoms with van der Waals surface area (Å²) in [6.45, 7) is 1.49. The number of nitrogens with zero attached hydrogens (tertiary/aromatic N) is 2. The van der Waals surface area contributed by atoms with Gasteiger partial charge in [0.25, 0.3) is 5.69 Å². The molecule has 0 heterocycles. The summed E-state index contributed by atoms with van der Waals surface area (Å²) < 4.78 is 25.8. The minimum absolute atomic E-state index is 0.243. The van der Waals surface area contributed by atoms with E-state index in [4.69, 9.17) is 0 Å². The number of hydrogen-bond acceptors (Lipinski definition) is 5. The number of amides is 1. The van der Waals surface area contributed by atoms with Crippen molar-refractivity contribution in [3.63, 3.8) is 0 Å². The van der Waals surface area contributed by atoms with E-state index in [1.807, 2.05) is 19.1 Å². The predicted molar refractivity (Wildman–Crippen MR) is 92.7 cm³/mol. The number of sulfonamides is 1. The van der Waals surface area contributed by atoms with Crippen LogP contribution in [0.3, 0.4) is 0 Å². The molecular weight excluding hydrogens is 346 g/mol. The number of benzene rings is 2. The van der Waals surface area contributed by atoms with E-state index in [2.05, 4.69) is 5.32 Å². The summed E-state index contributed by atoms with van der Waals surface area (Å²) in [7, 11) is -2.78. The van der Waals surface area contributed by atoms with E-state index in [9.17, 15) is 23.3 Å². The third kappa shape index (κ3) is 4.61. The van der Waals surface area contributed by atoms with Gasteiger partial charge in [-0.15, -0.1) is 0 Å². The summed E-state index contributed by atoms with van der Waals surface area (Å²) >= 11 is 0. The minimum atomic E-state index is -4.02. The molecule has 1 N–H and O–H groups in total. The second kappa shape index (κ2) is 7.41. The van der Waals surface area contributed by atoms with Gasteiger partial charge in [0.05, 0.1) is 16.4 Å². The highest BCUT2D eigenvalue weighted by Gasteiger charge is 2.24. The lowest BCUT2D eigenvalue weighted by molar-refractivity contribution is -0.385.